The Morgan fingerprint density at radius 3 is 2.33 bits per heavy atom. The first-order valence-electron chi connectivity index (χ1n) is 7.90. The standard InChI is InChI=1S/C15H32N2O/c1-3-5-11-17(12-13-18)15-8-6-14(7-9-15)16-10-4-2/h14-16,18H,3-13H2,1-2H3. The molecule has 3 nitrogen and oxygen atoms in total. The molecule has 2 N–H and O–H groups in total. The van der Waals surface area contributed by atoms with Crippen molar-refractivity contribution in [2.45, 2.75) is 70.9 Å². The molecule has 0 aromatic rings. The summed E-state index contributed by atoms with van der Waals surface area (Å²) in [7, 11) is 0. The lowest BCUT2D eigenvalue weighted by Crippen LogP contribution is -2.44. The van der Waals surface area contributed by atoms with E-state index in [1.54, 1.807) is 0 Å². The maximum Gasteiger partial charge on any atom is 0.0558 e. The molecule has 108 valence electrons. The molecular weight excluding hydrogens is 224 g/mol. The van der Waals surface area contributed by atoms with Gasteiger partial charge in [-0.25, -0.2) is 0 Å². The Kier molecular flexibility index (Phi) is 8.64. The fraction of sp³-hybridized carbons (Fsp3) is 1.00. The Morgan fingerprint density at radius 2 is 1.78 bits per heavy atom. The average Bonchev–Trinajstić information content (AvgIpc) is 2.42. The highest BCUT2D eigenvalue weighted by Crippen LogP contribution is 2.23. The van der Waals surface area contributed by atoms with Crippen LogP contribution in [0.1, 0.15) is 58.8 Å². The Labute approximate surface area is 113 Å². The molecular formula is C15H32N2O. The predicted octanol–water partition coefficient (Wildman–Crippen LogP) is 2.39. The number of unbranched alkanes of at least 4 members (excludes halogenated alkanes) is 1. The number of rotatable bonds is 9. The van der Waals surface area contributed by atoms with E-state index < -0.39 is 0 Å². The number of nitrogens with one attached hydrogen (secondary N) is 1. The third-order valence-corrected chi connectivity index (χ3v) is 4.08. The molecule has 1 rings (SSSR count). The van der Waals surface area contributed by atoms with Gasteiger partial charge in [0.25, 0.3) is 0 Å². The van der Waals surface area contributed by atoms with Crippen molar-refractivity contribution in [1.82, 2.24) is 10.2 Å². The lowest BCUT2D eigenvalue weighted by Gasteiger charge is -2.37. The van der Waals surface area contributed by atoms with E-state index in [4.69, 9.17) is 0 Å². The van der Waals surface area contributed by atoms with E-state index in [1.807, 2.05) is 0 Å². The molecule has 0 amide bonds. The summed E-state index contributed by atoms with van der Waals surface area (Å²) in [5.41, 5.74) is 0. The minimum absolute atomic E-state index is 0.303. The number of hydrogen-bond donors (Lipinski definition) is 2. The van der Waals surface area contributed by atoms with Crippen molar-refractivity contribution in [1.29, 1.82) is 0 Å². The molecule has 0 bridgehead atoms. The molecule has 1 aliphatic carbocycles. The molecule has 0 atom stereocenters. The number of nitrogens with zero attached hydrogens (tertiary/aromatic N) is 1. The molecule has 0 unspecified atom stereocenters. The van der Waals surface area contributed by atoms with Gasteiger partial charge in [0.2, 0.25) is 0 Å². The van der Waals surface area contributed by atoms with Gasteiger partial charge in [-0.05, 0) is 51.6 Å². The van der Waals surface area contributed by atoms with Crippen LogP contribution in [-0.2, 0) is 0 Å². The van der Waals surface area contributed by atoms with Gasteiger partial charge in [0, 0.05) is 18.6 Å². The Morgan fingerprint density at radius 1 is 1.06 bits per heavy atom. The molecule has 1 aliphatic rings. The van der Waals surface area contributed by atoms with Crippen molar-refractivity contribution in [2.75, 3.05) is 26.2 Å². The Balaban J connectivity index is 2.28. The highest BCUT2D eigenvalue weighted by Gasteiger charge is 2.24. The molecule has 1 saturated carbocycles. The van der Waals surface area contributed by atoms with Crippen LogP contribution in [0.25, 0.3) is 0 Å². The first-order chi connectivity index (χ1) is 8.81. The second kappa shape index (κ2) is 9.76. The van der Waals surface area contributed by atoms with Gasteiger partial charge in [-0.3, -0.25) is 4.90 Å². The fourth-order valence-corrected chi connectivity index (χ4v) is 2.96. The van der Waals surface area contributed by atoms with Crippen LogP contribution in [0.3, 0.4) is 0 Å². The van der Waals surface area contributed by atoms with Crippen molar-refractivity contribution in [3.8, 4) is 0 Å². The van der Waals surface area contributed by atoms with Crippen molar-refractivity contribution in [3.05, 3.63) is 0 Å². The van der Waals surface area contributed by atoms with Gasteiger partial charge in [0.05, 0.1) is 6.61 Å². The zero-order valence-electron chi connectivity index (χ0n) is 12.3. The maximum atomic E-state index is 9.18. The largest absolute Gasteiger partial charge is 0.395 e. The van der Waals surface area contributed by atoms with Crippen LogP contribution in [0.2, 0.25) is 0 Å². The Hall–Kier alpha value is -0.120. The molecule has 0 radical (unpaired) electrons. The van der Waals surface area contributed by atoms with Crippen LogP contribution >= 0.6 is 0 Å². The average molecular weight is 256 g/mol. The van der Waals surface area contributed by atoms with E-state index in [-0.39, 0.29) is 0 Å². The minimum Gasteiger partial charge on any atom is -0.395 e. The molecule has 0 spiro atoms. The van der Waals surface area contributed by atoms with Crippen molar-refractivity contribution < 1.29 is 5.11 Å². The van der Waals surface area contributed by atoms with Crippen LogP contribution in [0.4, 0.5) is 0 Å². The van der Waals surface area contributed by atoms with E-state index in [2.05, 4.69) is 24.1 Å². The number of hydrogen-bond acceptors (Lipinski definition) is 3. The molecule has 0 aromatic heterocycles. The van der Waals surface area contributed by atoms with Crippen molar-refractivity contribution in [2.24, 2.45) is 0 Å². The molecule has 18 heavy (non-hydrogen) atoms. The van der Waals surface area contributed by atoms with Gasteiger partial charge < -0.3 is 10.4 Å². The van der Waals surface area contributed by atoms with E-state index in [9.17, 15) is 5.11 Å². The quantitative estimate of drug-likeness (QED) is 0.665. The topological polar surface area (TPSA) is 35.5 Å². The van der Waals surface area contributed by atoms with E-state index in [1.165, 1.54) is 44.9 Å². The molecule has 1 fully saturated rings. The zero-order valence-corrected chi connectivity index (χ0v) is 12.3. The fourth-order valence-electron chi connectivity index (χ4n) is 2.96. The molecule has 0 saturated heterocycles. The summed E-state index contributed by atoms with van der Waals surface area (Å²) >= 11 is 0. The lowest BCUT2D eigenvalue weighted by molar-refractivity contribution is 0.114. The monoisotopic (exact) mass is 256 g/mol. The minimum atomic E-state index is 0.303. The zero-order chi connectivity index (χ0) is 13.2. The lowest BCUT2D eigenvalue weighted by atomic mass is 9.90. The summed E-state index contributed by atoms with van der Waals surface area (Å²) < 4.78 is 0. The maximum absolute atomic E-state index is 9.18. The number of aliphatic hydroxyl groups excluding tert-OH is 1. The Bertz CT molecular complexity index is 191. The van der Waals surface area contributed by atoms with E-state index in [0.29, 0.717) is 12.6 Å². The summed E-state index contributed by atoms with van der Waals surface area (Å²) in [5, 5.41) is 12.8. The second-order valence-corrected chi connectivity index (χ2v) is 5.57. The molecule has 0 aliphatic heterocycles. The van der Waals surface area contributed by atoms with Crippen molar-refractivity contribution >= 4 is 0 Å². The SMILES string of the molecule is CCCCN(CCO)C1CCC(NCCC)CC1. The predicted molar refractivity (Wildman–Crippen MR) is 77.9 cm³/mol. The third-order valence-electron chi connectivity index (χ3n) is 4.08. The highest BCUT2D eigenvalue weighted by atomic mass is 16.3. The van der Waals surface area contributed by atoms with Crippen LogP contribution in [-0.4, -0.2) is 48.3 Å². The van der Waals surface area contributed by atoms with Gasteiger partial charge >= 0.3 is 0 Å². The van der Waals surface area contributed by atoms with Crippen LogP contribution in [0.15, 0.2) is 0 Å². The first-order valence-corrected chi connectivity index (χ1v) is 7.90. The number of aliphatic hydroxyl groups is 1. The van der Waals surface area contributed by atoms with Gasteiger partial charge in [-0.15, -0.1) is 0 Å². The summed E-state index contributed by atoms with van der Waals surface area (Å²) in [6.07, 6.45) is 8.93. The first kappa shape index (κ1) is 15.9. The second-order valence-electron chi connectivity index (χ2n) is 5.57. The van der Waals surface area contributed by atoms with Crippen molar-refractivity contribution in [3.63, 3.8) is 0 Å². The summed E-state index contributed by atoms with van der Waals surface area (Å²) in [6.45, 7) is 7.95. The molecule has 3 heteroatoms. The molecule has 0 aromatic carbocycles. The van der Waals surface area contributed by atoms with Gasteiger partial charge in [0.15, 0.2) is 0 Å². The van der Waals surface area contributed by atoms with Crippen LogP contribution < -0.4 is 5.32 Å². The van der Waals surface area contributed by atoms with Crippen LogP contribution in [0, 0.1) is 0 Å². The third kappa shape index (κ3) is 5.68. The molecule has 0 heterocycles. The summed E-state index contributed by atoms with van der Waals surface area (Å²) in [6, 6.07) is 1.45. The smallest absolute Gasteiger partial charge is 0.0558 e. The van der Waals surface area contributed by atoms with E-state index in [0.717, 1.165) is 25.7 Å². The summed E-state index contributed by atoms with van der Waals surface area (Å²) in [4.78, 5) is 2.51. The summed E-state index contributed by atoms with van der Waals surface area (Å²) in [5.74, 6) is 0. The van der Waals surface area contributed by atoms with Crippen LogP contribution in [0.5, 0.6) is 0 Å². The van der Waals surface area contributed by atoms with Gasteiger partial charge in [0.1, 0.15) is 0 Å². The van der Waals surface area contributed by atoms with Gasteiger partial charge in [-0.2, -0.15) is 0 Å². The normalized spacial score (nSPS) is 24.7. The van der Waals surface area contributed by atoms with Gasteiger partial charge in [-0.1, -0.05) is 20.3 Å². The van der Waals surface area contributed by atoms with E-state index >= 15 is 0 Å². The highest BCUT2D eigenvalue weighted by molar-refractivity contribution is 4.82.